The Morgan fingerprint density at radius 1 is 0.313 bits per heavy atom. The summed E-state index contributed by atoms with van der Waals surface area (Å²) in [5, 5.41) is 28.2. The predicted molar refractivity (Wildman–Crippen MR) is 620 cm³/mol. The molecule has 8 aliphatic rings. The quantitative estimate of drug-likeness (QED) is 0.0347. The van der Waals surface area contributed by atoms with Crippen molar-refractivity contribution in [3.05, 3.63) is 389 Å². The molecule has 0 aliphatic carbocycles. The minimum atomic E-state index is -0.573. The lowest BCUT2D eigenvalue weighted by molar-refractivity contribution is -0.134. The number of phenolic OH excluding ortho intramolecular Hbond substituents is 1. The van der Waals surface area contributed by atoms with Crippen molar-refractivity contribution < 1.29 is 14.6 Å². The molecule has 0 saturated carbocycles. The summed E-state index contributed by atoms with van der Waals surface area (Å²) in [6.45, 7) is 55.6. The van der Waals surface area contributed by atoms with Crippen LogP contribution < -0.4 is 32.3 Å². The van der Waals surface area contributed by atoms with Crippen LogP contribution in [0.25, 0.3) is 0 Å². The number of rotatable bonds is 22. The van der Waals surface area contributed by atoms with Gasteiger partial charge in [0.2, 0.25) is 5.91 Å². The van der Waals surface area contributed by atoms with E-state index < -0.39 is 6.04 Å². The van der Waals surface area contributed by atoms with Crippen LogP contribution in [0.1, 0.15) is 307 Å². The summed E-state index contributed by atoms with van der Waals surface area (Å²) < 4.78 is 5.56. The standard InChI is InChI=1S/C34H44N4O2.C28H33N.C26H36N2.C25H34N2O.C21H27N/c1-34(2,3)30-13-14-36-32-27(20-26(21-29(30)32)19-24-7-5-4-6-8-24)23-37-15-17-38(18-16-37)33(40)31(35)22-25-9-11-28(39)12-10-25;1-28(2,3)26-16-17-29-27-24(15-14-21-10-6-4-7-11-21)19-23(20-25(26)27)18-22-12-8-5-9-13-22;1-26(2,3)24-12-13-27-25-22(19-28-14-8-5-9-15-28)17-21(18-23(24)25)16-20-10-6-4-7-11-20;1-25(2,3)23-9-10-26-24-21(18-27-11-13-28-14-12-27)16-20(17-22(23)24)15-19-7-5-4-6-8-19;1-15-12-17(13-16-8-6-5-7-9-16)14-18-19(21(2,3)4)10-11-22-20(15)18/h4-12,20-21,30-31,36,39H,13-19,22-23,35H2,1-3H3;4-13,19-20,26,29H,14-18H2,1-3H3;4,6-7,10-11,17-18,24,27H,5,8-9,12-16,19H2,1-3H3;4-8,16-17,23,26H,9-15,18H2,1-3H3;5-9,12,14,19,22H,10-11,13H2,1-4H3/t30?,31-;;;;/m0..../s1. The van der Waals surface area contributed by atoms with E-state index in [4.69, 9.17) is 10.5 Å². The fourth-order valence-electron chi connectivity index (χ4n) is 24.6. The number of hydrogen-bond acceptors (Lipinski definition) is 12. The van der Waals surface area contributed by atoms with Crippen molar-refractivity contribution >= 4 is 34.3 Å². The highest BCUT2D eigenvalue weighted by atomic mass is 16.5. The van der Waals surface area contributed by atoms with Crippen LogP contribution in [0, 0.1) is 34.0 Å². The number of carbonyl (C=O) groups excluding carboxylic acids is 1. The monoisotopic (exact) mass is 1970 g/mol. The number of aromatic hydroxyl groups is 1. The fourth-order valence-corrected chi connectivity index (χ4v) is 24.6. The van der Waals surface area contributed by atoms with Crippen molar-refractivity contribution in [3.63, 3.8) is 0 Å². The lowest BCUT2D eigenvalue weighted by atomic mass is 9.71. The van der Waals surface area contributed by atoms with Gasteiger partial charge in [-0.1, -0.05) is 365 Å². The first-order valence-electron chi connectivity index (χ1n) is 55.9. The molecule has 5 unspecified atom stereocenters. The van der Waals surface area contributed by atoms with E-state index in [0.717, 1.165) is 149 Å². The van der Waals surface area contributed by atoms with E-state index in [1.54, 1.807) is 17.7 Å². The molecule has 13 heteroatoms. The van der Waals surface area contributed by atoms with Crippen LogP contribution in [-0.4, -0.2) is 135 Å². The third kappa shape index (κ3) is 29.9. The number of fused-ring (bicyclic) bond motifs is 5. The number of nitrogens with one attached hydrogen (secondary N) is 5. The number of aryl methyl sites for hydroxylation is 3. The summed E-state index contributed by atoms with van der Waals surface area (Å²) in [7, 11) is 0. The molecule has 8 heterocycles. The number of amides is 1. The molecule has 12 aromatic rings. The molecule has 3 saturated heterocycles. The van der Waals surface area contributed by atoms with Gasteiger partial charge in [0, 0.05) is 120 Å². The molecular weight excluding hydrogens is 1800 g/mol. The molecule has 0 spiro atoms. The number of ether oxygens (including phenoxy) is 1. The maximum absolute atomic E-state index is 13.1. The fraction of sp³-hybridized carbons (Fsp3) is 0.455. The summed E-state index contributed by atoms with van der Waals surface area (Å²) in [5.41, 5.74) is 45.8. The molecule has 0 bridgehead atoms. The predicted octanol–water partition coefficient (Wildman–Crippen LogP) is 28.9. The van der Waals surface area contributed by atoms with Crippen molar-refractivity contribution in [1.82, 2.24) is 19.6 Å². The largest absolute Gasteiger partial charge is 0.508 e. The third-order valence-electron chi connectivity index (χ3n) is 32.4. The Hall–Kier alpha value is -11.3. The number of hydrogen-bond donors (Lipinski definition) is 7. The van der Waals surface area contributed by atoms with E-state index in [9.17, 15) is 9.90 Å². The van der Waals surface area contributed by atoms with Gasteiger partial charge in [0.05, 0.1) is 19.3 Å². The zero-order valence-corrected chi connectivity index (χ0v) is 92.0. The molecular formula is C134H174N10O3. The number of piperidine rings is 1. The molecule has 0 radical (unpaired) electrons. The maximum Gasteiger partial charge on any atom is 0.239 e. The van der Waals surface area contributed by atoms with Crippen LogP contribution in [0.5, 0.6) is 5.75 Å². The van der Waals surface area contributed by atoms with E-state index in [1.807, 2.05) is 17.0 Å². The van der Waals surface area contributed by atoms with Gasteiger partial charge in [-0.2, -0.15) is 0 Å². The number of nitrogens with zero attached hydrogens (tertiary/aromatic N) is 4. The Kier molecular flexibility index (Phi) is 36.8. The van der Waals surface area contributed by atoms with Gasteiger partial charge in [0.15, 0.2) is 0 Å². The van der Waals surface area contributed by atoms with Gasteiger partial charge in [-0.15, -0.1) is 0 Å². The Bertz CT molecular complexity index is 6050. The number of phenols is 1. The van der Waals surface area contributed by atoms with Crippen molar-refractivity contribution in [3.8, 4) is 5.75 Å². The minimum absolute atomic E-state index is 0.00430. The topological polar surface area (TPSA) is 146 Å². The highest BCUT2D eigenvalue weighted by Crippen LogP contribution is 2.52. The molecule has 3 fully saturated rings. The molecule has 12 aromatic carbocycles. The number of carbonyl (C=O) groups is 1. The van der Waals surface area contributed by atoms with E-state index in [1.165, 1.54) is 198 Å². The van der Waals surface area contributed by atoms with Gasteiger partial charge in [0.25, 0.3) is 0 Å². The summed E-state index contributed by atoms with van der Waals surface area (Å²) in [4.78, 5) is 22.7. The number of benzene rings is 12. The average Bonchev–Trinajstić information content (AvgIpc) is 0.787. The highest BCUT2D eigenvalue weighted by Gasteiger charge is 2.39. The number of morpholine rings is 1. The molecule has 778 valence electrons. The second kappa shape index (κ2) is 49.9. The first-order chi connectivity index (χ1) is 70.6. The normalized spacial score (nSPS) is 18.7. The number of anilines is 5. The summed E-state index contributed by atoms with van der Waals surface area (Å²) in [6, 6.07) is 95.8. The Balaban J connectivity index is 0.000000133. The summed E-state index contributed by atoms with van der Waals surface area (Å²) in [5.74, 6) is 3.20. The number of piperazine rings is 1. The maximum atomic E-state index is 13.1. The van der Waals surface area contributed by atoms with Crippen LogP contribution in [0.2, 0.25) is 0 Å². The average molecular weight is 1970 g/mol. The van der Waals surface area contributed by atoms with Gasteiger partial charge in [-0.25, -0.2) is 0 Å². The van der Waals surface area contributed by atoms with Crippen molar-refractivity contribution in [2.75, 3.05) is 125 Å². The van der Waals surface area contributed by atoms with Gasteiger partial charge in [-0.05, 0) is 308 Å². The summed E-state index contributed by atoms with van der Waals surface area (Å²) in [6.07, 6.45) is 17.7. The van der Waals surface area contributed by atoms with Crippen LogP contribution in [0.4, 0.5) is 28.4 Å². The van der Waals surface area contributed by atoms with Gasteiger partial charge >= 0.3 is 0 Å². The first kappa shape index (κ1) is 108. The summed E-state index contributed by atoms with van der Waals surface area (Å²) >= 11 is 0. The second-order valence-corrected chi connectivity index (χ2v) is 49.0. The molecule has 147 heavy (non-hydrogen) atoms. The lowest BCUT2D eigenvalue weighted by Gasteiger charge is -2.39. The van der Waals surface area contributed by atoms with E-state index >= 15 is 0 Å². The Morgan fingerprint density at radius 3 is 0.918 bits per heavy atom. The molecule has 1 amide bonds. The van der Waals surface area contributed by atoms with Gasteiger partial charge in [0.1, 0.15) is 5.75 Å². The van der Waals surface area contributed by atoms with Crippen LogP contribution >= 0.6 is 0 Å². The number of likely N-dealkylation sites (tertiary alicyclic amines) is 1. The highest BCUT2D eigenvalue weighted by molar-refractivity contribution is 5.82. The zero-order chi connectivity index (χ0) is 103. The van der Waals surface area contributed by atoms with Crippen molar-refractivity contribution in [1.29, 1.82) is 0 Å². The third-order valence-corrected chi connectivity index (χ3v) is 32.4. The van der Waals surface area contributed by atoms with Crippen LogP contribution in [0.15, 0.2) is 267 Å². The zero-order valence-electron chi connectivity index (χ0n) is 92.0. The van der Waals surface area contributed by atoms with Crippen molar-refractivity contribution in [2.45, 2.75) is 269 Å². The second-order valence-electron chi connectivity index (χ2n) is 49.0. The molecule has 0 aromatic heterocycles. The molecule has 20 rings (SSSR count). The Morgan fingerprint density at radius 2 is 0.592 bits per heavy atom. The van der Waals surface area contributed by atoms with Crippen LogP contribution in [-0.2, 0) is 80.5 Å². The smallest absolute Gasteiger partial charge is 0.239 e. The van der Waals surface area contributed by atoms with Crippen molar-refractivity contribution in [2.24, 2.45) is 32.8 Å². The minimum Gasteiger partial charge on any atom is -0.508 e. The number of nitrogens with two attached hydrogens (primary N) is 1. The van der Waals surface area contributed by atoms with E-state index in [-0.39, 0.29) is 27.9 Å². The molecule has 6 atom stereocenters. The SMILES string of the molecule is CC(C)(C)C1CCNc2c(CCc3ccccc3)cc(Cc3ccccc3)cc21.CC(C)(C)C1CCNc2c(CN3CCCCC3)cc(Cc3ccccc3)cc21.CC(C)(C)C1CCNc2c(CN3CCN(C(=O)[C@@H](N)Cc4ccc(O)cc4)CC3)cc(Cc3ccccc3)cc21.CC(C)(C)C1CCNc2c(CN3CCOCC3)cc(Cc3ccccc3)cc21.Cc1cc(Cc2ccccc2)cc2c1NCCC2C(C)(C)C. The first-order valence-corrected chi connectivity index (χ1v) is 55.9. The molecule has 13 nitrogen and oxygen atoms in total. The van der Waals surface area contributed by atoms with Crippen LogP contribution in [0.3, 0.4) is 0 Å². The Labute approximate surface area is 884 Å². The lowest BCUT2D eigenvalue weighted by Crippen LogP contribution is -2.53. The van der Waals surface area contributed by atoms with Gasteiger partial charge in [-0.3, -0.25) is 19.5 Å². The van der Waals surface area contributed by atoms with Gasteiger partial charge < -0.3 is 47.1 Å². The van der Waals surface area contributed by atoms with E-state index in [0.29, 0.717) is 59.9 Å². The van der Waals surface area contributed by atoms with E-state index in [2.05, 4.69) is 395 Å². The molecule has 8 N–H and O–H groups in total. The molecule has 8 aliphatic heterocycles.